The van der Waals surface area contributed by atoms with Gasteiger partial charge in [0.05, 0.1) is 47.8 Å². The highest BCUT2D eigenvalue weighted by Crippen LogP contribution is 2.27. The molecule has 0 spiro atoms. The Morgan fingerprint density at radius 1 is 1.09 bits per heavy atom. The summed E-state index contributed by atoms with van der Waals surface area (Å²) in [6, 6.07) is 13.4. The van der Waals surface area contributed by atoms with E-state index in [9.17, 15) is 23.2 Å². The molecule has 2 fully saturated rings. The fourth-order valence-electron chi connectivity index (χ4n) is 5.50. The first kappa shape index (κ1) is 31.4. The fourth-order valence-corrected chi connectivity index (χ4v) is 5.50. The highest BCUT2D eigenvalue weighted by atomic mass is 19.4. The van der Waals surface area contributed by atoms with Gasteiger partial charge in [-0.3, -0.25) is 14.7 Å². The van der Waals surface area contributed by atoms with E-state index in [0.717, 1.165) is 51.0 Å². The Morgan fingerprint density at radius 3 is 2.50 bits per heavy atom. The van der Waals surface area contributed by atoms with Gasteiger partial charge in [-0.2, -0.15) is 18.4 Å². The monoisotopic (exact) mass is 605 g/mol. The molecule has 1 amide bonds. The molecule has 3 aromatic rings. The van der Waals surface area contributed by atoms with Crippen LogP contribution in [0.4, 0.5) is 18.9 Å². The Kier molecular flexibility index (Phi) is 9.48. The molecule has 0 bridgehead atoms. The summed E-state index contributed by atoms with van der Waals surface area (Å²) in [7, 11) is 0. The molecular weight excluding hydrogens is 567 g/mol. The number of piperidine rings is 1. The van der Waals surface area contributed by atoms with E-state index in [2.05, 4.69) is 38.4 Å². The van der Waals surface area contributed by atoms with Crippen molar-refractivity contribution in [1.82, 2.24) is 24.7 Å². The molecule has 232 valence electrons. The smallest absolute Gasteiger partial charge is 0.373 e. The molecule has 2 N–H and O–H groups in total. The van der Waals surface area contributed by atoms with Crippen LogP contribution in [0.15, 0.2) is 42.6 Å². The second-order valence-electron chi connectivity index (χ2n) is 12.1. The van der Waals surface area contributed by atoms with Crippen molar-refractivity contribution in [1.29, 1.82) is 5.26 Å². The van der Waals surface area contributed by atoms with E-state index in [4.69, 9.17) is 0 Å². The highest BCUT2D eigenvalue weighted by molar-refractivity contribution is 5.83. The number of anilines is 1. The Hall–Kier alpha value is -4.06. The van der Waals surface area contributed by atoms with Gasteiger partial charge >= 0.3 is 6.18 Å². The van der Waals surface area contributed by atoms with Gasteiger partial charge in [-0.05, 0) is 74.9 Å². The average molecular weight is 606 g/mol. The molecule has 4 heterocycles. The number of likely N-dealkylation sites (tertiary alicyclic amines) is 2. The third kappa shape index (κ3) is 7.90. The van der Waals surface area contributed by atoms with Crippen molar-refractivity contribution >= 4 is 22.5 Å². The van der Waals surface area contributed by atoms with E-state index in [1.165, 1.54) is 4.57 Å². The standard InChI is InChI=1S/C33H38F3N7O/c1-32(2,22-37)30-9-7-27(20-40-30)38-12-3-5-28-18-25-17-24(6-8-29(25)43(28)23-33(34,35)36)19-39-26-10-15-41(16-11-26)21-31(44)42-13-4-14-42/h6-9,17-18,20,26,38-39H,4,10-16,19,21,23H2,1-2H3. The predicted molar refractivity (Wildman–Crippen MR) is 164 cm³/mol. The molecule has 2 aliphatic heterocycles. The third-order valence-electron chi connectivity index (χ3n) is 8.33. The van der Waals surface area contributed by atoms with E-state index < -0.39 is 18.1 Å². The molecule has 0 saturated carbocycles. The number of hydrogen-bond acceptors (Lipinski definition) is 6. The van der Waals surface area contributed by atoms with Gasteiger partial charge in [0.15, 0.2) is 0 Å². The minimum absolute atomic E-state index is 0.219. The summed E-state index contributed by atoms with van der Waals surface area (Å²) >= 11 is 0. The molecule has 2 aliphatic rings. The van der Waals surface area contributed by atoms with Crippen molar-refractivity contribution in [3.63, 3.8) is 0 Å². The van der Waals surface area contributed by atoms with E-state index >= 15 is 0 Å². The minimum Gasteiger partial charge on any atom is -0.373 e. The third-order valence-corrected chi connectivity index (χ3v) is 8.33. The summed E-state index contributed by atoms with van der Waals surface area (Å²) in [4.78, 5) is 20.7. The topological polar surface area (TPSA) is 89.2 Å². The van der Waals surface area contributed by atoms with Crippen molar-refractivity contribution in [3.8, 4) is 17.9 Å². The van der Waals surface area contributed by atoms with Crippen LogP contribution in [-0.4, -0.2) is 76.7 Å². The number of carbonyl (C=O) groups excluding carboxylic acids is 1. The maximum absolute atomic E-state index is 13.5. The minimum atomic E-state index is -4.39. The molecule has 0 aliphatic carbocycles. The number of rotatable bonds is 9. The maximum atomic E-state index is 13.5. The summed E-state index contributed by atoms with van der Waals surface area (Å²) in [5, 5.41) is 16.7. The fraction of sp³-hybridized carbons (Fsp3) is 0.485. The van der Waals surface area contributed by atoms with Crippen LogP contribution in [0.5, 0.6) is 0 Å². The van der Waals surface area contributed by atoms with Crippen LogP contribution >= 0.6 is 0 Å². The van der Waals surface area contributed by atoms with Crippen LogP contribution in [0.3, 0.4) is 0 Å². The number of hydrogen-bond donors (Lipinski definition) is 2. The van der Waals surface area contributed by atoms with E-state index in [1.54, 1.807) is 44.3 Å². The quantitative estimate of drug-likeness (QED) is 0.346. The molecule has 44 heavy (non-hydrogen) atoms. The van der Waals surface area contributed by atoms with Crippen molar-refractivity contribution in [2.24, 2.45) is 0 Å². The first-order chi connectivity index (χ1) is 21.0. The summed E-state index contributed by atoms with van der Waals surface area (Å²) in [5.74, 6) is 6.07. The van der Waals surface area contributed by atoms with Gasteiger partial charge in [0.25, 0.3) is 0 Å². The summed E-state index contributed by atoms with van der Waals surface area (Å²) < 4.78 is 41.7. The van der Waals surface area contributed by atoms with Crippen LogP contribution in [0, 0.1) is 23.2 Å². The Morgan fingerprint density at radius 2 is 1.86 bits per heavy atom. The number of carbonyl (C=O) groups is 1. The SMILES string of the molecule is CC(C)(C#N)c1ccc(NCC#Cc2cc3cc(CNC4CCN(CC(=O)N5CCC5)CC4)ccc3n2CC(F)(F)F)cn1. The number of halogens is 3. The molecule has 5 rings (SSSR count). The van der Waals surface area contributed by atoms with Crippen LogP contribution in [0.2, 0.25) is 0 Å². The lowest BCUT2D eigenvalue weighted by Gasteiger charge is -2.36. The Labute approximate surface area is 256 Å². The molecule has 0 radical (unpaired) electrons. The van der Waals surface area contributed by atoms with Crippen LogP contribution < -0.4 is 10.6 Å². The maximum Gasteiger partial charge on any atom is 0.406 e. The number of pyridine rings is 1. The largest absolute Gasteiger partial charge is 0.406 e. The van der Waals surface area contributed by atoms with Crippen molar-refractivity contribution < 1.29 is 18.0 Å². The van der Waals surface area contributed by atoms with Gasteiger partial charge in [0, 0.05) is 49.7 Å². The van der Waals surface area contributed by atoms with Gasteiger partial charge in [-0.1, -0.05) is 12.0 Å². The predicted octanol–water partition coefficient (Wildman–Crippen LogP) is 4.65. The second kappa shape index (κ2) is 13.3. The molecule has 2 aromatic heterocycles. The van der Waals surface area contributed by atoms with Gasteiger partial charge in [-0.15, -0.1) is 0 Å². The molecule has 0 unspecified atom stereocenters. The van der Waals surface area contributed by atoms with E-state index in [0.29, 0.717) is 47.1 Å². The average Bonchev–Trinajstić information content (AvgIpc) is 3.29. The first-order valence-electron chi connectivity index (χ1n) is 15.0. The zero-order valence-electron chi connectivity index (χ0n) is 25.2. The van der Waals surface area contributed by atoms with Gasteiger partial charge in [-0.25, -0.2) is 0 Å². The Bertz CT molecular complexity index is 1570. The lowest BCUT2D eigenvalue weighted by molar-refractivity contribution is -0.140. The number of benzene rings is 1. The first-order valence-corrected chi connectivity index (χ1v) is 15.0. The van der Waals surface area contributed by atoms with Crippen molar-refractivity contribution in [3.05, 3.63) is 59.5 Å². The van der Waals surface area contributed by atoms with E-state index in [1.807, 2.05) is 17.0 Å². The van der Waals surface area contributed by atoms with Crippen LogP contribution in [0.25, 0.3) is 10.9 Å². The summed E-state index contributed by atoms with van der Waals surface area (Å²) in [6.45, 7) is 7.28. The lowest BCUT2D eigenvalue weighted by Crippen LogP contribution is -2.50. The van der Waals surface area contributed by atoms with Crippen LogP contribution in [-0.2, 0) is 23.3 Å². The second-order valence-corrected chi connectivity index (χ2v) is 12.1. The molecule has 11 heteroatoms. The number of alkyl halides is 3. The normalized spacial score (nSPS) is 16.2. The molecular formula is C33H38F3N7O. The number of nitriles is 1. The number of aromatic nitrogens is 2. The summed E-state index contributed by atoms with van der Waals surface area (Å²) in [6.07, 6.45) is 0.222. The van der Waals surface area contributed by atoms with Crippen molar-refractivity contribution in [2.45, 2.75) is 63.8 Å². The summed E-state index contributed by atoms with van der Waals surface area (Å²) in [5.41, 5.74) is 2.44. The number of amides is 1. The lowest BCUT2D eigenvalue weighted by atomic mass is 9.91. The van der Waals surface area contributed by atoms with Gasteiger partial charge in [0.1, 0.15) is 6.54 Å². The number of nitrogens with one attached hydrogen (secondary N) is 2. The van der Waals surface area contributed by atoms with E-state index in [-0.39, 0.29) is 12.5 Å². The molecule has 0 atom stereocenters. The Balaban J connectivity index is 1.19. The zero-order valence-corrected chi connectivity index (χ0v) is 25.2. The molecule has 8 nitrogen and oxygen atoms in total. The van der Waals surface area contributed by atoms with Gasteiger partial charge < -0.3 is 20.1 Å². The molecule has 2 saturated heterocycles. The zero-order chi connectivity index (χ0) is 31.3. The highest BCUT2D eigenvalue weighted by Gasteiger charge is 2.30. The van der Waals surface area contributed by atoms with Crippen LogP contribution in [0.1, 0.15) is 50.1 Å². The number of fused-ring (bicyclic) bond motifs is 1. The number of nitrogens with zero attached hydrogens (tertiary/aromatic N) is 5. The van der Waals surface area contributed by atoms with Gasteiger partial charge in [0.2, 0.25) is 5.91 Å². The van der Waals surface area contributed by atoms with Crippen molar-refractivity contribution in [2.75, 3.05) is 44.6 Å². The molecule has 1 aromatic carbocycles.